The van der Waals surface area contributed by atoms with Crippen molar-refractivity contribution in [3.8, 4) is 0 Å². The van der Waals surface area contributed by atoms with Crippen LogP contribution in [0.1, 0.15) is 42.5 Å². The van der Waals surface area contributed by atoms with Gasteiger partial charge in [-0.15, -0.1) is 0 Å². The first-order chi connectivity index (χ1) is 11.1. The maximum atomic E-state index is 12.8. The first-order valence-corrected chi connectivity index (χ1v) is 10.2. The van der Waals surface area contributed by atoms with Crippen LogP contribution in [0.5, 0.6) is 0 Å². The van der Waals surface area contributed by atoms with Crippen LogP contribution in [-0.4, -0.2) is 19.6 Å². The van der Waals surface area contributed by atoms with Crippen LogP contribution < -0.4 is 4.72 Å². The van der Waals surface area contributed by atoms with E-state index in [1.807, 2.05) is 0 Å². The molecule has 120 valence electrons. The van der Waals surface area contributed by atoms with E-state index in [1.54, 1.807) is 30.3 Å². The number of carbonyl (C=O) groups excluding carboxylic acids is 1. The Hall–Kier alpha value is -1.37. The van der Waals surface area contributed by atoms with Crippen molar-refractivity contribution in [2.75, 3.05) is 0 Å². The van der Waals surface area contributed by atoms with Crippen LogP contribution in [0.3, 0.4) is 0 Å². The van der Waals surface area contributed by atoms with Crippen molar-refractivity contribution in [2.24, 2.45) is 0 Å². The first-order valence-electron chi connectivity index (χ1n) is 7.86. The fraction of sp³-hybridized carbons (Fsp3) is 0.353. The van der Waals surface area contributed by atoms with Gasteiger partial charge in [0.1, 0.15) is 0 Å². The van der Waals surface area contributed by atoms with Gasteiger partial charge in [0.2, 0.25) is 15.1 Å². The van der Waals surface area contributed by atoms with Gasteiger partial charge in [-0.05, 0) is 42.8 Å². The van der Waals surface area contributed by atoms with Crippen molar-refractivity contribution in [1.29, 1.82) is 0 Å². The number of hydrogen-bond donors (Lipinski definition) is 1. The van der Waals surface area contributed by atoms with E-state index in [1.165, 1.54) is 18.2 Å². The highest BCUT2D eigenvalue weighted by molar-refractivity contribution is 8.14. The normalized spacial score (nSPS) is 18.7. The van der Waals surface area contributed by atoms with Crippen LogP contribution in [0.25, 0.3) is 10.8 Å². The summed E-state index contributed by atoms with van der Waals surface area (Å²) in [6.45, 7) is 0. The zero-order valence-electron chi connectivity index (χ0n) is 12.5. The minimum atomic E-state index is -3.58. The standard InChI is InChI=1S/C17H17NO3S2/c19-17-13-8-4-7-12-15(10-9-14(22-17)16(12)13)23(20,21)18-11-5-2-1-3-6-11/h4,7-11,18H,1-3,5-6H2. The predicted molar refractivity (Wildman–Crippen MR) is 91.3 cm³/mol. The van der Waals surface area contributed by atoms with E-state index in [0.717, 1.165) is 36.0 Å². The molecule has 1 aliphatic heterocycles. The molecule has 2 aromatic rings. The summed E-state index contributed by atoms with van der Waals surface area (Å²) < 4.78 is 28.5. The lowest BCUT2D eigenvalue weighted by Gasteiger charge is -2.23. The molecule has 1 fully saturated rings. The van der Waals surface area contributed by atoms with Crippen molar-refractivity contribution in [2.45, 2.75) is 47.9 Å². The van der Waals surface area contributed by atoms with Crippen LogP contribution in [0, 0.1) is 0 Å². The monoisotopic (exact) mass is 347 g/mol. The lowest BCUT2D eigenvalue weighted by Crippen LogP contribution is -2.36. The molecule has 0 unspecified atom stereocenters. The predicted octanol–water partition coefficient (Wildman–Crippen LogP) is 3.70. The second-order valence-electron chi connectivity index (χ2n) is 6.14. The maximum absolute atomic E-state index is 12.8. The Bertz CT molecular complexity index is 899. The van der Waals surface area contributed by atoms with E-state index in [9.17, 15) is 13.2 Å². The number of nitrogens with one attached hydrogen (secondary N) is 1. The Morgan fingerprint density at radius 1 is 1.04 bits per heavy atom. The summed E-state index contributed by atoms with van der Waals surface area (Å²) in [4.78, 5) is 13.1. The average Bonchev–Trinajstić information content (AvgIpc) is 2.86. The minimum absolute atomic E-state index is 0.0135. The first kappa shape index (κ1) is 15.2. The summed E-state index contributed by atoms with van der Waals surface area (Å²) in [7, 11) is -3.58. The van der Waals surface area contributed by atoms with E-state index in [-0.39, 0.29) is 16.1 Å². The van der Waals surface area contributed by atoms with E-state index in [0.29, 0.717) is 10.9 Å². The molecule has 0 aromatic heterocycles. The second-order valence-corrected chi connectivity index (χ2v) is 8.83. The van der Waals surface area contributed by atoms with Crippen LogP contribution in [0.2, 0.25) is 0 Å². The van der Waals surface area contributed by atoms with Gasteiger partial charge < -0.3 is 0 Å². The molecule has 0 radical (unpaired) electrons. The Morgan fingerprint density at radius 3 is 2.61 bits per heavy atom. The fourth-order valence-corrected chi connectivity index (χ4v) is 5.94. The van der Waals surface area contributed by atoms with Crippen molar-refractivity contribution in [1.82, 2.24) is 4.72 Å². The Balaban J connectivity index is 1.80. The van der Waals surface area contributed by atoms with Gasteiger partial charge in [-0.3, -0.25) is 4.79 Å². The number of sulfonamides is 1. The van der Waals surface area contributed by atoms with Crippen LogP contribution in [0.4, 0.5) is 0 Å². The molecule has 4 rings (SSSR count). The van der Waals surface area contributed by atoms with Gasteiger partial charge in [0.25, 0.3) is 0 Å². The Morgan fingerprint density at radius 2 is 1.83 bits per heavy atom. The highest BCUT2D eigenvalue weighted by atomic mass is 32.2. The molecule has 1 aliphatic carbocycles. The third-order valence-corrected chi connectivity index (χ3v) is 7.15. The van der Waals surface area contributed by atoms with Gasteiger partial charge >= 0.3 is 0 Å². The summed E-state index contributed by atoms with van der Waals surface area (Å²) in [5, 5.41) is 1.40. The molecule has 23 heavy (non-hydrogen) atoms. The fourth-order valence-electron chi connectivity index (χ4n) is 3.50. The van der Waals surface area contributed by atoms with E-state index in [2.05, 4.69) is 4.72 Å². The topological polar surface area (TPSA) is 63.2 Å². The third kappa shape index (κ3) is 2.58. The lowest BCUT2D eigenvalue weighted by molar-refractivity contribution is 0.109. The van der Waals surface area contributed by atoms with Crippen molar-refractivity contribution >= 4 is 37.7 Å². The number of benzene rings is 2. The molecule has 0 amide bonds. The summed E-state index contributed by atoms with van der Waals surface area (Å²) >= 11 is 1.17. The molecule has 0 saturated heterocycles. The van der Waals surface area contributed by atoms with Gasteiger partial charge in [-0.1, -0.05) is 31.4 Å². The molecule has 0 spiro atoms. The summed E-state index contributed by atoms with van der Waals surface area (Å²) in [6, 6.07) is 8.70. The molecule has 0 atom stereocenters. The summed E-state index contributed by atoms with van der Waals surface area (Å²) in [6.07, 6.45) is 5.12. The largest absolute Gasteiger partial charge is 0.281 e. The molecule has 6 heteroatoms. The molecule has 2 aliphatic rings. The molecule has 1 N–H and O–H groups in total. The van der Waals surface area contributed by atoms with Gasteiger partial charge in [-0.25, -0.2) is 13.1 Å². The van der Waals surface area contributed by atoms with Gasteiger partial charge in [0.15, 0.2) is 0 Å². The Kier molecular flexibility index (Phi) is 3.70. The lowest BCUT2D eigenvalue weighted by atomic mass is 9.96. The average molecular weight is 347 g/mol. The van der Waals surface area contributed by atoms with E-state index in [4.69, 9.17) is 0 Å². The van der Waals surface area contributed by atoms with Crippen LogP contribution in [0.15, 0.2) is 40.1 Å². The number of thioether (sulfide) groups is 1. The van der Waals surface area contributed by atoms with Gasteiger partial charge in [0.05, 0.1) is 4.90 Å². The molecular formula is C17H17NO3S2. The van der Waals surface area contributed by atoms with Gasteiger partial charge in [0, 0.05) is 27.3 Å². The third-order valence-electron chi connectivity index (χ3n) is 4.60. The molecule has 4 nitrogen and oxygen atoms in total. The Labute approximate surface area is 139 Å². The second kappa shape index (κ2) is 5.61. The highest BCUT2D eigenvalue weighted by Crippen LogP contribution is 2.42. The van der Waals surface area contributed by atoms with E-state index < -0.39 is 10.0 Å². The smallest absolute Gasteiger partial charge is 0.241 e. The quantitative estimate of drug-likeness (QED) is 0.919. The van der Waals surface area contributed by atoms with Crippen LogP contribution >= 0.6 is 11.8 Å². The van der Waals surface area contributed by atoms with E-state index >= 15 is 0 Å². The van der Waals surface area contributed by atoms with Crippen molar-refractivity contribution in [3.63, 3.8) is 0 Å². The molecule has 1 heterocycles. The molecular weight excluding hydrogens is 330 g/mol. The number of carbonyl (C=O) groups is 1. The van der Waals surface area contributed by atoms with Gasteiger partial charge in [-0.2, -0.15) is 0 Å². The zero-order chi connectivity index (χ0) is 16.0. The van der Waals surface area contributed by atoms with Crippen molar-refractivity contribution < 1.29 is 13.2 Å². The molecule has 1 saturated carbocycles. The molecule has 0 bridgehead atoms. The highest BCUT2D eigenvalue weighted by Gasteiger charge is 2.28. The molecule has 2 aromatic carbocycles. The number of hydrogen-bond acceptors (Lipinski definition) is 4. The summed E-state index contributed by atoms with van der Waals surface area (Å²) in [5.74, 6) is 0. The number of rotatable bonds is 3. The minimum Gasteiger partial charge on any atom is -0.281 e. The maximum Gasteiger partial charge on any atom is 0.241 e. The SMILES string of the molecule is O=C1Sc2ccc(S(=O)(=O)NC3CCCCC3)c3cccc1c23. The van der Waals surface area contributed by atoms with Crippen LogP contribution in [-0.2, 0) is 10.0 Å². The summed E-state index contributed by atoms with van der Waals surface area (Å²) in [5.41, 5.74) is 0.609. The van der Waals surface area contributed by atoms with Crippen molar-refractivity contribution in [3.05, 3.63) is 35.9 Å². The zero-order valence-corrected chi connectivity index (χ0v) is 14.2.